The first-order valence-electron chi connectivity index (χ1n) is 10.4. The summed E-state index contributed by atoms with van der Waals surface area (Å²) in [5, 5.41) is 24.4. The molecule has 3 heterocycles. The van der Waals surface area contributed by atoms with Crippen molar-refractivity contribution < 1.29 is 19.5 Å². The summed E-state index contributed by atoms with van der Waals surface area (Å²) in [6, 6.07) is 11.5. The molecule has 0 spiro atoms. The smallest absolute Gasteiger partial charge is 0.175 e. The Morgan fingerprint density at radius 1 is 1.00 bits per heavy atom. The summed E-state index contributed by atoms with van der Waals surface area (Å²) in [6.07, 6.45) is 0.775. The van der Waals surface area contributed by atoms with Gasteiger partial charge >= 0.3 is 0 Å². The van der Waals surface area contributed by atoms with Crippen molar-refractivity contribution in [3.05, 3.63) is 58.2 Å². The van der Waals surface area contributed by atoms with Crippen LogP contribution in [0.3, 0.4) is 0 Å². The van der Waals surface area contributed by atoms with E-state index in [-0.39, 0.29) is 16.5 Å². The summed E-state index contributed by atoms with van der Waals surface area (Å²) >= 11 is 6.05. The predicted octanol–water partition coefficient (Wildman–Crippen LogP) is 3.80. The Bertz CT molecular complexity index is 1080. The molecule has 0 bridgehead atoms. The highest BCUT2D eigenvalue weighted by atomic mass is 35.5. The molecule has 0 aliphatic carbocycles. The van der Waals surface area contributed by atoms with Gasteiger partial charge in [0.25, 0.3) is 0 Å². The first-order chi connectivity index (χ1) is 15.1. The van der Waals surface area contributed by atoms with Crippen molar-refractivity contribution in [2.45, 2.75) is 19.5 Å². The number of morpholine rings is 1. The summed E-state index contributed by atoms with van der Waals surface area (Å²) in [6.45, 7) is 5.78. The minimum Gasteiger partial charge on any atom is -0.507 e. The summed E-state index contributed by atoms with van der Waals surface area (Å²) in [4.78, 5) is 4.69. The Kier molecular flexibility index (Phi) is 5.48. The number of rotatable bonds is 4. The number of aromatic hydroxyl groups is 2. The molecule has 8 heteroatoms. The number of aromatic nitrogens is 1. The van der Waals surface area contributed by atoms with Crippen molar-refractivity contribution in [2.24, 2.45) is 0 Å². The highest BCUT2D eigenvalue weighted by molar-refractivity contribution is 6.32. The van der Waals surface area contributed by atoms with Crippen LogP contribution in [0, 0.1) is 0 Å². The Morgan fingerprint density at radius 2 is 1.77 bits per heavy atom. The van der Waals surface area contributed by atoms with E-state index in [1.54, 1.807) is 0 Å². The fourth-order valence-electron chi connectivity index (χ4n) is 4.24. The van der Waals surface area contributed by atoms with Crippen LogP contribution >= 0.6 is 11.6 Å². The molecule has 2 N–H and O–H groups in total. The fraction of sp³-hybridized carbons (Fsp3) is 0.348. The largest absolute Gasteiger partial charge is 0.507 e. The van der Waals surface area contributed by atoms with Crippen molar-refractivity contribution in [1.82, 2.24) is 10.1 Å². The van der Waals surface area contributed by atoms with Gasteiger partial charge in [-0.1, -0.05) is 28.9 Å². The Morgan fingerprint density at radius 3 is 2.55 bits per heavy atom. The second-order valence-corrected chi connectivity index (χ2v) is 8.39. The molecule has 31 heavy (non-hydrogen) atoms. The molecule has 2 aromatic carbocycles. The zero-order valence-electron chi connectivity index (χ0n) is 17.1. The van der Waals surface area contributed by atoms with Crippen LogP contribution in [0.2, 0.25) is 5.02 Å². The standard InChI is InChI=1S/C23H24ClN3O4/c24-19-11-17(21(28)12-22(19)29)23-18-14-26(6-5-20(18)25-31-23)13-15-1-3-16(4-2-15)27-7-9-30-10-8-27/h1-4,11-12,28-29H,5-10,13-14H2. The Balaban J connectivity index is 1.32. The van der Waals surface area contributed by atoms with Crippen molar-refractivity contribution >= 4 is 17.3 Å². The topological polar surface area (TPSA) is 82.2 Å². The van der Waals surface area contributed by atoms with E-state index in [2.05, 4.69) is 39.2 Å². The van der Waals surface area contributed by atoms with Gasteiger partial charge in [-0.3, -0.25) is 4.90 Å². The first kappa shape index (κ1) is 20.2. The molecule has 1 fully saturated rings. The van der Waals surface area contributed by atoms with E-state index in [0.29, 0.717) is 17.9 Å². The van der Waals surface area contributed by atoms with E-state index in [4.69, 9.17) is 20.9 Å². The highest BCUT2D eigenvalue weighted by Crippen LogP contribution is 2.40. The molecule has 1 saturated heterocycles. The van der Waals surface area contributed by atoms with Gasteiger partial charge in [0, 0.05) is 56.5 Å². The number of hydrogen-bond donors (Lipinski definition) is 2. The fourth-order valence-corrected chi connectivity index (χ4v) is 4.40. The van der Waals surface area contributed by atoms with Gasteiger partial charge in [0.15, 0.2) is 5.76 Å². The van der Waals surface area contributed by atoms with Crippen LogP contribution < -0.4 is 4.90 Å². The van der Waals surface area contributed by atoms with Crippen LogP contribution in [-0.4, -0.2) is 53.1 Å². The van der Waals surface area contributed by atoms with Crippen LogP contribution in [0.15, 0.2) is 40.9 Å². The highest BCUT2D eigenvalue weighted by Gasteiger charge is 2.27. The zero-order valence-corrected chi connectivity index (χ0v) is 17.8. The number of benzene rings is 2. The average Bonchev–Trinajstić information content (AvgIpc) is 3.20. The number of anilines is 1. The lowest BCUT2D eigenvalue weighted by Gasteiger charge is -2.29. The molecule has 3 aromatic rings. The van der Waals surface area contributed by atoms with E-state index in [0.717, 1.165) is 57.1 Å². The third kappa shape index (κ3) is 4.08. The Labute approximate surface area is 185 Å². The molecule has 2 aliphatic rings. The molecular weight excluding hydrogens is 418 g/mol. The maximum absolute atomic E-state index is 10.3. The quantitative estimate of drug-likeness (QED) is 0.637. The molecule has 0 atom stereocenters. The summed E-state index contributed by atoms with van der Waals surface area (Å²) in [5.41, 5.74) is 4.77. The lowest BCUT2D eigenvalue weighted by atomic mass is 10.0. The zero-order chi connectivity index (χ0) is 21.4. The van der Waals surface area contributed by atoms with E-state index < -0.39 is 0 Å². The van der Waals surface area contributed by atoms with Gasteiger partial charge in [-0.2, -0.15) is 0 Å². The van der Waals surface area contributed by atoms with Crippen molar-refractivity contribution in [3.8, 4) is 22.8 Å². The second-order valence-electron chi connectivity index (χ2n) is 7.98. The molecule has 5 rings (SSSR count). The van der Waals surface area contributed by atoms with Crippen LogP contribution in [0.4, 0.5) is 5.69 Å². The number of hydrogen-bond acceptors (Lipinski definition) is 7. The van der Waals surface area contributed by atoms with Gasteiger partial charge in [0.05, 0.1) is 29.5 Å². The molecular formula is C23H24ClN3O4. The number of halogens is 1. The number of phenols is 2. The van der Waals surface area contributed by atoms with Crippen LogP contribution in [0.1, 0.15) is 16.8 Å². The van der Waals surface area contributed by atoms with E-state index in [9.17, 15) is 10.2 Å². The molecule has 0 unspecified atom stereocenters. The number of ether oxygens (including phenoxy) is 1. The lowest BCUT2D eigenvalue weighted by Crippen LogP contribution is -2.36. The predicted molar refractivity (Wildman–Crippen MR) is 118 cm³/mol. The molecule has 7 nitrogen and oxygen atoms in total. The van der Waals surface area contributed by atoms with Gasteiger partial charge in [-0.15, -0.1) is 0 Å². The Hall–Kier alpha value is -2.74. The van der Waals surface area contributed by atoms with E-state index >= 15 is 0 Å². The summed E-state index contributed by atoms with van der Waals surface area (Å²) in [5.74, 6) is 0.247. The van der Waals surface area contributed by atoms with Gasteiger partial charge in [0.1, 0.15) is 11.5 Å². The normalized spacial score (nSPS) is 17.0. The van der Waals surface area contributed by atoms with Crippen molar-refractivity contribution in [1.29, 1.82) is 0 Å². The molecule has 2 aliphatic heterocycles. The molecule has 0 radical (unpaired) electrons. The van der Waals surface area contributed by atoms with Crippen LogP contribution in [0.5, 0.6) is 11.5 Å². The molecule has 0 saturated carbocycles. The molecule has 162 valence electrons. The SMILES string of the molecule is Oc1cc(O)c(-c2onc3c2CN(Cc2ccc(N4CCOCC4)cc2)CC3)cc1Cl. The maximum Gasteiger partial charge on any atom is 0.175 e. The van der Waals surface area contributed by atoms with Gasteiger partial charge < -0.3 is 24.4 Å². The lowest BCUT2D eigenvalue weighted by molar-refractivity contribution is 0.122. The minimum absolute atomic E-state index is 0.0864. The maximum atomic E-state index is 10.3. The molecule has 0 amide bonds. The number of nitrogens with zero attached hydrogens (tertiary/aromatic N) is 3. The number of phenolic OH excluding ortho intramolecular Hbond substituents is 2. The van der Waals surface area contributed by atoms with Crippen LogP contribution in [0.25, 0.3) is 11.3 Å². The van der Waals surface area contributed by atoms with E-state index in [1.807, 2.05) is 0 Å². The van der Waals surface area contributed by atoms with Crippen molar-refractivity contribution in [3.63, 3.8) is 0 Å². The van der Waals surface area contributed by atoms with Gasteiger partial charge in [-0.05, 0) is 23.8 Å². The second kappa shape index (κ2) is 8.42. The monoisotopic (exact) mass is 441 g/mol. The minimum atomic E-state index is -0.168. The molecule has 1 aromatic heterocycles. The summed E-state index contributed by atoms with van der Waals surface area (Å²) in [7, 11) is 0. The van der Waals surface area contributed by atoms with Crippen LogP contribution in [-0.2, 0) is 24.2 Å². The van der Waals surface area contributed by atoms with Gasteiger partial charge in [-0.25, -0.2) is 0 Å². The summed E-state index contributed by atoms with van der Waals surface area (Å²) < 4.78 is 11.0. The number of fused-ring (bicyclic) bond motifs is 1. The third-order valence-corrected chi connectivity index (χ3v) is 6.25. The average molecular weight is 442 g/mol. The van der Waals surface area contributed by atoms with E-state index in [1.165, 1.54) is 23.4 Å². The van der Waals surface area contributed by atoms with Crippen molar-refractivity contribution in [2.75, 3.05) is 37.7 Å². The van der Waals surface area contributed by atoms with Gasteiger partial charge in [0.2, 0.25) is 0 Å². The first-order valence-corrected chi connectivity index (χ1v) is 10.8. The third-order valence-electron chi connectivity index (χ3n) is 5.94.